The van der Waals surface area contributed by atoms with E-state index >= 15 is 0 Å². The minimum atomic E-state index is 0.0838. The summed E-state index contributed by atoms with van der Waals surface area (Å²) in [5.74, 6) is 0.258. The fourth-order valence-corrected chi connectivity index (χ4v) is 2.00. The van der Waals surface area contributed by atoms with E-state index in [2.05, 4.69) is 11.8 Å². The van der Waals surface area contributed by atoms with Gasteiger partial charge in [-0.1, -0.05) is 6.92 Å². The predicted molar refractivity (Wildman–Crippen MR) is 59.8 cm³/mol. The molecule has 1 aliphatic rings. The van der Waals surface area contributed by atoms with Crippen molar-refractivity contribution >= 4 is 5.91 Å². The van der Waals surface area contributed by atoms with Gasteiger partial charge in [-0.15, -0.1) is 0 Å². The molecule has 0 aromatic carbocycles. The van der Waals surface area contributed by atoms with Crippen molar-refractivity contribution < 1.29 is 9.53 Å². The third kappa shape index (κ3) is 3.18. The number of carbonyl (C=O) groups excluding carboxylic acids is 1. The second-order valence-electron chi connectivity index (χ2n) is 3.89. The molecule has 0 saturated carbocycles. The Balaban J connectivity index is 2.40. The molecule has 4 nitrogen and oxygen atoms in total. The third-order valence-electron chi connectivity index (χ3n) is 2.97. The van der Waals surface area contributed by atoms with Crippen LogP contribution in [0.1, 0.15) is 20.3 Å². The van der Waals surface area contributed by atoms with Gasteiger partial charge in [0.25, 0.3) is 0 Å². The van der Waals surface area contributed by atoms with Crippen molar-refractivity contribution in [2.45, 2.75) is 26.3 Å². The van der Waals surface area contributed by atoms with Gasteiger partial charge in [0.1, 0.15) is 0 Å². The van der Waals surface area contributed by atoms with Gasteiger partial charge in [0.05, 0.1) is 12.6 Å². The molecular formula is C11H22N2O2. The van der Waals surface area contributed by atoms with Gasteiger partial charge in [-0.3, -0.25) is 9.69 Å². The Morgan fingerprint density at radius 2 is 2.27 bits per heavy atom. The first-order valence-corrected chi connectivity index (χ1v) is 5.77. The zero-order valence-electron chi connectivity index (χ0n) is 10.0. The molecule has 0 N–H and O–H groups in total. The van der Waals surface area contributed by atoms with Crippen LogP contribution in [-0.2, 0) is 9.53 Å². The second kappa shape index (κ2) is 6.08. The lowest BCUT2D eigenvalue weighted by atomic mass is 10.2. The SMILES string of the molecule is CCOCCN(CC)[C@@H]1CCN(C)C1=O. The molecule has 0 unspecified atom stereocenters. The first-order chi connectivity index (χ1) is 7.20. The molecule has 1 amide bonds. The third-order valence-corrected chi connectivity index (χ3v) is 2.97. The summed E-state index contributed by atoms with van der Waals surface area (Å²) in [7, 11) is 1.87. The Labute approximate surface area is 92.2 Å². The number of rotatable bonds is 6. The highest BCUT2D eigenvalue weighted by Gasteiger charge is 2.32. The Morgan fingerprint density at radius 3 is 2.73 bits per heavy atom. The van der Waals surface area contributed by atoms with E-state index in [0.717, 1.165) is 39.3 Å². The summed E-state index contributed by atoms with van der Waals surface area (Å²) in [4.78, 5) is 15.8. The lowest BCUT2D eigenvalue weighted by Crippen LogP contribution is -2.42. The van der Waals surface area contributed by atoms with Crippen molar-refractivity contribution in [2.75, 3.05) is 39.9 Å². The fraction of sp³-hybridized carbons (Fsp3) is 0.909. The molecule has 1 heterocycles. The number of likely N-dealkylation sites (tertiary alicyclic amines) is 1. The highest BCUT2D eigenvalue weighted by Crippen LogP contribution is 2.15. The van der Waals surface area contributed by atoms with Crippen LogP contribution in [0.4, 0.5) is 0 Å². The molecule has 4 heteroatoms. The molecule has 1 rings (SSSR count). The van der Waals surface area contributed by atoms with Gasteiger partial charge in [-0.25, -0.2) is 0 Å². The van der Waals surface area contributed by atoms with Gasteiger partial charge in [0.15, 0.2) is 0 Å². The molecule has 1 saturated heterocycles. The molecule has 0 aliphatic carbocycles. The summed E-state index contributed by atoms with van der Waals surface area (Å²) in [5.41, 5.74) is 0. The van der Waals surface area contributed by atoms with E-state index in [0.29, 0.717) is 0 Å². The molecule has 0 aromatic rings. The molecule has 0 radical (unpaired) electrons. The summed E-state index contributed by atoms with van der Waals surface area (Å²) >= 11 is 0. The van der Waals surface area contributed by atoms with Crippen LogP contribution in [0.15, 0.2) is 0 Å². The van der Waals surface area contributed by atoms with Crippen LogP contribution >= 0.6 is 0 Å². The van der Waals surface area contributed by atoms with Crippen molar-refractivity contribution in [3.05, 3.63) is 0 Å². The molecule has 1 aliphatic heterocycles. The largest absolute Gasteiger partial charge is 0.380 e. The van der Waals surface area contributed by atoms with E-state index in [9.17, 15) is 4.79 Å². The number of hydrogen-bond donors (Lipinski definition) is 0. The monoisotopic (exact) mass is 214 g/mol. The van der Waals surface area contributed by atoms with E-state index < -0.39 is 0 Å². The van der Waals surface area contributed by atoms with E-state index in [1.54, 1.807) is 0 Å². The van der Waals surface area contributed by atoms with Crippen molar-refractivity contribution in [3.63, 3.8) is 0 Å². The fourth-order valence-electron chi connectivity index (χ4n) is 2.00. The Bertz CT molecular complexity index is 209. The zero-order valence-corrected chi connectivity index (χ0v) is 10.0. The average molecular weight is 214 g/mol. The topological polar surface area (TPSA) is 32.8 Å². The van der Waals surface area contributed by atoms with Gasteiger partial charge in [-0.05, 0) is 19.9 Å². The van der Waals surface area contributed by atoms with Crippen LogP contribution in [0.2, 0.25) is 0 Å². The van der Waals surface area contributed by atoms with Crippen LogP contribution in [0.5, 0.6) is 0 Å². The van der Waals surface area contributed by atoms with Crippen LogP contribution in [0.25, 0.3) is 0 Å². The molecule has 15 heavy (non-hydrogen) atoms. The van der Waals surface area contributed by atoms with Gasteiger partial charge in [0, 0.05) is 26.7 Å². The number of nitrogens with zero attached hydrogens (tertiary/aromatic N) is 2. The minimum Gasteiger partial charge on any atom is -0.380 e. The van der Waals surface area contributed by atoms with Crippen LogP contribution in [0, 0.1) is 0 Å². The smallest absolute Gasteiger partial charge is 0.239 e. The standard InChI is InChI=1S/C11H22N2O2/c1-4-13(8-9-15-5-2)10-6-7-12(3)11(10)14/h10H,4-9H2,1-3H3/t10-/m1/s1. The first kappa shape index (κ1) is 12.5. The van der Waals surface area contributed by atoms with Crippen LogP contribution in [-0.4, -0.2) is 61.6 Å². The molecule has 1 atom stereocenters. The number of ether oxygens (including phenoxy) is 1. The second-order valence-corrected chi connectivity index (χ2v) is 3.89. The zero-order chi connectivity index (χ0) is 11.3. The molecule has 0 bridgehead atoms. The normalized spacial score (nSPS) is 21.7. The van der Waals surface area contributed by atoms with Crippen molar-refractivity contribution in [2.24, 2.45) is 0 Å². The number of hydrogen-bond acceptors (Lipinski definition) is 3. The average Bonchev–Trinajstić information content (AvgIpc) is 2.56. The maximum atomic E-state index is 11.8. The molecule has 0 aromatic heterocycles. The van der Waals surface area contributed by atoms with E-state index in [-0.39, 0.29) is 11.9 Å². The lowest BCUT2D eigenvalue weighted by Gasteiger charge is -2.25. The molecule has 1 fully saturated rings. The van der Waals surface area contributed by atoms with Crippen molar-refractivity contribution in [3.8, 4) is 0 Å². The summed E-state index contributed by atoms with van der Waals surface area (Å²) in [5, 5.41) is 0. The number of amides is 1. The summed E-state index contributed by atoms with van der Waals surface area (Å²) in [6.07, 6.45) is 0.954. The summed E-state index contributed by atoms with van der Waals surface area (Å²) < 4.78 is 5.32. The lowest BCUT2D eigenvalue weighted by molar-refractivity contribution is -0.131. The predicted octanol–water partition coefficient (Wildman–Crippen LogP) is 0.576. The molecule has 0 spiro atoms. The Morgan fingerprint density at radius 1 is 1.53 bits per heavy atom. The van der Waals surface area contributed by atoms with Gasteiger partial charge >= 0.3 is 0 Å². The van der Waals surface area contributed by atoms with Crippen molar-refractivity contribution in [1.82, 2.24) is 9.80 Å². The van der Waals surface area contributed by atoms with Crippen LogP contribution in [0.3, 0.4) is 0 Å². The summed E-state index contributed by atoms with van der Waals surface area (Å²) in [6, 6.07) is 0.0838. The Kier molecular flexibility index (Phi) is 5.05. The Hall–Kier alpha value is -0.610. The summed E-state index contributed by atoms with van der Waals surface area (Å²) in [6.45, 7) is 8.21. The van der Waals surface area contributed by atoms with Gasteiger partial charge in [-0.2, -0.15) is 0 Å². The first-order valence-electron chi connectivity index (χ1n) is 5.77. The highest BCUT2D eigenvalue weighted by molar-refractivity contribution is 5.83. The van der Waals surface area contributed by atoms with E-state index in [4.69, 9.17) is 4.74 Å². The van der Waals surface area contributed by atoms with Gasteiger partial charge in [0.2, 0.25) is 5.91 Å². The molecular weight excluding hydrogens is 192 g/mol. The highest BCUT2D eigenvalue weighted by atomic mass is 16.5. The maximum absolute atomic E-state index is 11.8. The maximum Gasteiger partial charge on any atom is 0.239 e. The van der Waals surface area contributed by atoms with E-state index in [1.165, 1.54) is 0 Å². The van der Waals surface area contributed by atoms with Gasteiger partial charge < -0.3 is 9.64 Å². The van der Waals surface area contributed by atoms with E-state index in [1.807, 2.05) is 18.9 Å². The number of carbonyl (C=O) groups is 1. The quantitative estimate of drug-likeness (QED) is 0.606. The number of likely N-dealkylation sites (N-methyl/N-ethyl adjacent to an activating group) is 2. The molecule has 88 valence electrons. The van der Waals surface area contributed by atoms with Crippen molar-refractivity contribution in [1.29, 1.82) is 0 Å². The van der Waals surface area contributed by atoms with Crippen LogP contribution < -0.4 is 0 Å². The minimum absolute atomic E-state index is 0.0838.